The lowest BCUT2D eigenvalue weighted by molar-refractivity contribution is -0.332. The first kappa shape index (κ1) is 74.1. The Morgan fingerprint density at radius 1 is 0.367 bits per heavy atom. The molecule has 0 aliphatic carbocycles. The number of hydrogen-bond acceptors (Lipinski definition) is 14. The molecule has 14 heteroatoms. The molecule has 0 aromatic carbocycles. The summed E-state index contributed by atoms with van der Waals surface area (Å²) in [6.07, 6.45) is 43.2. The second-order valence-corrected chi connectivity index (χ2v) is 24.0. The molecule has 0 aromatic heterocycles. The zero-order valence-corrected chi connectivity index (χ0v) is 50.9. The van der Waals surface area contributed by atoms with Gasteiger partial charge in [-0.2, -0.15) is 0 Å². The van der Waals surface area contributed by atoms with Crippen molar-refractivity contribution in [3.05, 3.63) is 0 Å². The van der Waals surface area contributed by atoms with Crippen molar-refractivity contribution in [2.45, 2.75) is 377 Å². The van der Waals surface area contributed by atoms with Gasteiger partial charge in [0.15, 0.2) is 12.6 Å². The number of unbranched alkanes of at least 4 members (excludes halogenated alkanes) is 43. The van der Waals surface area contributed by atoms with Crippen molar-refractivity contribution in [1.82, 2.24) is 0 Å². The third-order valence-electron chi connectivity index (χ3n) is 16.6. The highest BCUT2D eigenvalue weighted by atomic mass is 16.7. The second-order valence-electron chi connectivity index (χ2n) is 24.0. The minimum atomic E-state index is -1.70. The van der Waals surface area contributed by atoms with E-state index in [1.807, 2.05) is 0 Å². The van der Waals surface area contributed by atoms with E-state index in [9.17, 15) is 40.5 Å². The first-order chi connectivity index (χ1) is 38.6. The van der Waals surface area contributed by atoms with E-state index >= 15 is 0 Å². The Morgan fingerprint density at radius 2 is 0.671 bits per heavy atom. The lowest BCUT2D eigenvalue weighted by Gasteiger charge is -2.42. The summed E-state index contributed by atoms with van der Waals surface area (Å²) in [6, 6.07) is 0. The van der Waals surface area contributed by atoms with Crippen LogP contribution in [-0.4, -0.2) is 142 Å². The fraction of sp³-hybridized carbons (Fsp3) is 0.985. The van der Waals surface area contributed by atoms with Crippen molar-refractivity contribution in [2.24, 2.45) is 0 Å². The number of aliphatic hydroxyl groups is 7. The van der Waals surface area contributed by atoms with Gasteiger partial charge in [-0.3, -0.25) is 4.79 Å². The van der Waals surface area contributed by atoms with Crippen LogP contribution in [0.15, 0.2) is 0 Å². The zero-order chi connectivity index (χ0) is 57.2. The predicted octanol–water partition coefficient (Wildman–Crippen LogP) is 13.5. The molecule has 11 unspecified atom stereocenters. The quantitative estimate of drug-likeness (QED) is 0.0223. The molecule has 11 atom stereocenters. The van der Waals surface area contributed by atoms with Crippen molar-refractivity contribution in [3.63, 3.8) is 0 Å². The molecule has 0 aromatic rings. The highest BCUT2D eigenvalue weighted by molar-refractivity contribution is 5.69. The highest BCUT2D eigenvalue weighted by Crippen LogP contribution is 2.27. The number of carbonyl (C=O) groups excluding carboxylic acids is 1. The average molecular weight is 1130 g/mol. The number of aliphatic hydroxyl groups excluding tert-OH is 7. The van der Waals surface area contributed by atoms with Crippen molar-refractivity contribution in [2.75, 3.05) is 33.0 Å². The highest BCUT2D eigenvalue weighted by Gasteiger charge is 2.47. The van der Waals surface area contributed by atoms with Gasteiger partial charge in [0.25, 0.3) is 0 Å². The summed E-state index contributed by atoms with van der Waals surface area (Å²) in [6.45, 7) is 3.79. The molecule has 0 bridgehead atoms. The second kappa shape index (κ2) is 52.5. The molecular weight excluding hydrogens is 1000 g/mol. The molecule has 7 N–H and O–H groups in total. The fourth-order valence-corrected chi connectivity index (χ4v) is 11.2. The number of carbonyl (C=O) groups is 1. The van der Waals surface area contributed by atoms with Crippen molar-refractivity contribution in [3.8, 4) is 0 Å². The number of esters is 1. The maximum atomic E-state index is 13.1. The van der Waals surface area contributed by atoms with Crippen molar-refractivity contribution >= 4 is 5.97 Å². The van der Waals surface area contributed by atoms with E-state index in [0.717, 1.165) is 44.9 Å². The van der Waals surface area contributed by atoms with Crippen LogP contribution in [0.2, 0.25) is 0 Å². The topological polar surface area (TPSA) is 214 Å². The molecule has 2 saturated heterocycles. The van der Waals surface area contributed by atoms with Crippen LogP contribution in [0.1, 0.15) is 309 Å². The first-order valence-electron chi connectivity index (χ1n) is 33.6. The lowest BCUT2D eigenvalue weighted by atomic mass is 9.98. The monoisotopic (exact) mass is 1130 g/mol. The SMILES string of the molecule is CCCCCCCCCCCCCCCCCCCCCCCCCOCC(COC1OC(COC2OC(CO)C(O)C(O)C2O)C(O)C(O)C1O)OC(=O)CCCCCCCCCCCCCCCCCCCCCCCC. The number of hydrogen-bond donors (Lipinski definition) is 7. The van der Waals surface area contributed by atoms with E-state index in [-0.39, 0.29) is 25.6 Å². The van der Waals surface area contributed by atoms with Gasteiger partial charge in [0, 0.05) is 13.0 Å². The van der Waals surface area contributed by atoms with Gasteiger partial charge in [-0.1, -0.05) is 290 Å². The molecule has 0 radical (unpaired) electrons. The minimum absolute atomic E-state index is 0.0715. The molecule has 79 heavy (non-hydrogen) atoms. The van der Waals surface area contributed by atoms with Crippen molar-refractivity contribution in [1.29, 1.82) is 0 Å². The van der Waals surface area contributed by atoms with Gasteiger partial charge in [0.05, 0.1) is 26.4 Å². The molecular formula is C65H126O14. The van der Waals surface area contributed by atoms with Gasteiger partial charge in [-0.25, -0.2) is 0 Å². The van der Waals surface area contributed by atoms with E-state index in [2.05, 4.69) is 13.8 Å². The van der Waals surface area contributed by atoms with Gasteiger partial charge in [-0.05, 0) is 12.8 Å². The summed E-state index contributed by atoms with van der Waals surface area (Å²) in [4.78, 5) is 13.1. The normalized spacial score (nSPS) is 23.9. The van der Waals surface area contributed by atoms with Crippen LogP contribution < -0.4 is 0 Å². The maximum absolute atomic E-state index is 13.1. The van der Waals surface area contributed by atoms with E-state index in [4.69, 9.17) is 28.4 Å². The van der Waals surface area contributed by atoms with Gasteiger partial charge in [-0.15, -0.1) is 0 Å². The van der Waals surface area contributed by atoms with Crippen LogP contribution in [0.5, 0.6) is 0 Å². The van der Waals surface area contributed by atoms with E-state index in [1.54, 1.807) is 0 Å². The van der Waals surface area contributed by atoms with Crippen LogP contribution >= 0.6 is 0 Å². The molecule has 0 saturated carbocycles. The molecule has 2 aliphatic rings. The van der Waals surface area contributed by atoms with Crippen LogP contribution in [0.25, 0.3) is 0 Å². The smallest absolute Gasteiger partial charge is 0.306 e. The van der Waals surface area contributed by atoms with Gasteiger partial charge >= 0.3 is 5.97 Å². The number of ether oxygens (including phenoxy) is 6. The third-order valence-corrected chi connectivity index (χ3v) is 16.6. The van der Waals surface area contributed by atoms with Crippen LogP contribution in [-0.2, 0) is 33.2 Å². The van der Waals surface area contributed by atoms with E-state index in [1.165, 1.54) is 244 Å². The van der Waals surface area contributed by atoms with Crippen LogP contribution in [0, 0.1) is 0 Å². The Hall–Kier alpha value is -1.01. The van der Waals surface area contributed by atoms with E-state index < -0.39 is 80.7 Å². The third kappa shape index (κ3) is 38.5. The van der Waals surface area contributed by atoms with Gasteiger partial charge in [0.2, 0.25) is 0 Å². The van der Waals surface area contributed by atoms with Crippen LogP contribution in [0.3, 0.4) is 0 Å². The van der Waals surface area contributed by atoms with Crippen LogP contribution in [0.4, 0.5) is 0 Å². The molecule has 2 aliphatic heterocycles. The Bertz CT molecular complexity index is 1310. The Labute approximate surface area is 482 Å². The summed E-state index contributed by atoms with van der Waals surface area (Å²) in [5.74, 6) is -0.365. The van der Waals surface area contributed by atoms with E-state index in [0.29, 0.717) is 6.61 Å². The fourth-order valence-electron chi connectivity index (χ4n) is 11.2. The zero-order valence-electron chi connectivity index (χ0n) is 50.9. The molecule has 14 nitrogen and oxygen atoms in total. The Morgan fingerprint density at radius 3 is 1.03 bits per heavy atom. The molecule has 0 spiro atoms. The summed E-state index contributed by atoms with van der Waals surface area (Å²) in [5.41, 5.74) is 0. The Kier molecular flexibility index (Phi) is 49.3. The molecule has 2 rings (SSSR count). The maximum Gasteiger partial charge on any atom is 0.306 e. The molecule has 470 valence electrons. The minimum Gasteiger partial charge on any atom is -0.457 e. The number of rotatable bonds is 57. The van der Waals surface area contributed by atoms with Crippen molar-refractivity contribution < 1.29 is 69.0 Å². The predicted molar refractivity (Wildman–Crippen MR) is 317 cm³/mol. The Balaban J connectivity index is 1.64. The van der Waals surface area contributed by atoms with Gasteiger partial charge < -0.3 is 64.2 Å². The first-order valence-corrected chi connectivity index (χ1v) is 33.6. The molecule has 2 heterocycles. The summed E-state index contributed by atoms with van der Waals surface area (Å²) >= 11 is 0. The standard InChI is InChI=1S/C65H126O14/c1-3-5-7-9-11-13-15-17-19-21-23-25-27-29-31-33-35-37-39-41-43-45-47-49-74-51-54(52-75-64-63(73)61(71)59(69)56(79-64)53-76-65-62(72)60(70)58(68)55(50-66)78-65)77-57(67)48-46-44-42-40-38-36-34-32-30-28-26-24-22-20-18-16-14-12-10-8-6-4-2/h54-56,58-66,68-73H,3-53H2,1-2H3. The van der Waals surface area contributed by atoms with Gasteiger partial charge in [0.1, 0.15) is 54.9 Å². The molecule has 0 amide bonds. The largest absolute Gasteiger partial charge is 0.457 e. The lowest BCUT2D eigenvalue weighted by Crippen LogP contribution is -2.61. The average Bonchev–Trinajstić information content (AvgIpc) is 3.46. The molecule has 2 fully saturated rings. The summed E-state index contributed by atoms with van der Waals surface area (Å²) < 4.78 is 34.5. The summed E-state index contributed by atoms with van der Waals surface area (Å²) in [7, 11) is 0. The summed E-state index contributed by atoms with van der Waals surface area (Å²) in [5, 5.41) is 72.5.